The van der Waals surface area contributed by atoms with E-state index >= 15 is 0 Å². The summed E-state index contributed by atoms with van der Waals surface area (Å²) in [5.74, 6) is 0.260. The molecule has 2 N–H and O–H groups in total. The van der Waals surface area contributed by atoms with Gasteiger partial charge in [-0.15, -0.1) is 0 Å². The monoisotopic (exact) mass is 256 g/mol. The van der Waals surface area contributed by atoms with Crippen LogP contribution in [0.3, 0.4) is 0 Å². The largest absolute Gasteiger partial charge is 0.354 e. The highest BCUT2D eigenvalue weighted by molar-refractivity contribution is 6.31. The molecule has 0 radical (unpaired) electrons. The number of hydrogen-bond donors (Lipinski definition) is 2. The molecule has 2 rings (SSSR count). The Kier molecular flexibility index (Phi) is 3.69. The third kappa shape index (κ3) is 2.61. The summed E-state index contributed by atoms with van der Waals surface area (Å²) >= 11 is 6.04. The van der Waals surface area contributed by atoms with E-state index in [2.05, 4.69) is 15.7 Å². The molecule has 1 aliphatic rings. The van der Waals surface area contributed by atoms with Crippen LogP contribution in [0.4, 0.5) is 0 Å². The topological polar surface area (TPSA) is 59.0 Å². The van der Waals surface area contributed by atoms with Gasteiger partial charge in [0.2, 0.25) is 5.91 Å². The van der Waals surface area contributed by atoms with Crippen molar-refractivity contribution < 1.29 is 4.79 Å². The number of nitrogens with one attached hydrogen (secondary N) is 2. The minimum atomic E-state index is 0.122. The normalized spacial score (nSPS) is 15.7. The minimum absolute atomic E-state index is 0.122. The summed E-state index contributed by atoms with van der Waals surface area (Å²) in [5, 5.41) is 11.0. The molecule has 6 heteroatoms. The molecule has 1 aromatic rings. The first kappa shape index (κ1) is 12.4. The van der Waals surface area contributed by atoms with Crippen molar-refractivity contribution in [1.29, 1.82) is 0 Å². The van der Waals surface area contributed by atoms with E-state index in [9.17, 15) is 4.79 Å². The fourth-order valence-corrected chi connectivity index (χ4v) is 1.93. The Labute approximate surface area is 106 Å². The van der Waals surface area contributed by atoms with E-state index < -0.39 is 0 Å². The Bertz CT molecular complexity index is 425. The second kappa shape index (κ2) is 5.06. The first-order valence-corrected chi connectivity index (χ1v) is 6.15. The second-order valence-electron chi connectivity index (χ2n) is 4.35. The standard InChI is InChI=1S/C11H17ClN4O/c1-7-10(12)8(2)16(15-7)4-3-14-11(17)9-5-13-6-9/h9,13H,3-6H2,1-2H3,(H,14,17). The van der Waals surface area contributed by atoms with Crippen molar-refractivity contribution in [3.63, 3.8) is 0 Å². The molecule has 0 spiro atoms. The molecule has 1 aromatic heterocycles. The van der Waals surface area contributed by atoms with Crippen LogP contribution in [-0.4, -0.2) is 35.3 Å². The number of hydrogen-bond acceptors (Lipinski definition) is 3. The van der Waals surface area contributed by atoms with Crippen molar-refractivity contribution in [3.05, 3.63) is 16.4 Å². The van der Waals surface area contributed by atoms with Crippen molar-refractivity contribution in [2.75, 3.05) is 19.6 Å². The van der Waals surface area contributed by atoms with Crippen LogP contribution in [0, 0.1) is 19.8 Å². The molecule has 0 bridgehead atoms. The fraction of sp³-hybridized carbons (Fsp3) is 0.636. The lowest BCUT2D eigenvalue weighted by atomic mass is 10.0. The molecule has 0 unspecified atom stereocenters. The van der Waals surface area contributed by atoms with E-state index in [1.54, 1.807) is 0 Å². The highest BCUT2D eigenvalue weighted by Gasteiger charge is 2.24. The van der Waals surface area contributed by atoms with Crippen LogP contribution in [-0.2, 0) is 11.3 Å². The van der Waals surface area contributed by atoms with Gasteiger partial charge in [0.1, 0.15) is 0 Å². The average molecular weight is 257 g/mol. The molecule has 1 fully saturated rings. The number of amides is 1. The van der Waals surface area contributed by atoms with Crippen molar-refractivity contribution in [1.82, 2.24) is 20.4 Å². The number of nitrogens with zero attached hydrogens (tertiary/aromatic N) is 2. The molecule has 1 amide bonds. The van der Waals surface area contributed by atoms with Crippen LogP contribution < -0.4 is 10.6 Å². The number of rotatable bonds is 4. The third-order valence-corrected chi connectivity index (χ3v) is 3.62. The van der Waals surface area contributed by atoms with Crippen molar-refractivity contribution >= 4 is 17.5 Å². The Hall–Kier alpha value is -1.07. The fourth-order valence-electron chi connectivity index (χ4n) is 1.80. The first-order valence-electron chi connectivity index (χ1n) is 5.77. The van der Waals surface area contributed by atoms with Crippen LogP contribution in [0.15, 0.2) is 0 Å². The molecule has 0 aromatic carbocycles. The highest BCUT2D eigenvalue weighted by atomic mass is 35.5. The number of aromatic nitrogens is 2. The van der Waals surface area contributed by atoms with Gasteiger partial charge in [0.15, 0.2) is 0 Å². The lowest BCUT2D eigenvalue weighted by Gasteiger charge is -2.25. The predicted molar refractivity (Wildman–Crippen MR) is 66.1 cm³/mol. The van der Waals surface area contributed by atoms with Crippen LogP contribution in [0.1, 0.15) is 11.4 Å². The molecular formula is C11H17ClN4O. The Morgan fingerprint density at radius 1 is 1.59 bits per heavy atom. The van der Waals surface area contributed by atoms with E-state index in [1.165, 1.54) is 0 Å². The number of carbonyl (C=O) groups excluding carboxylic acids is 1. The van der Waals surface area contributed by atoms with E-state index in [0.717, 1.165) is 24.5 Å². The SMILES string of the molecule is Cc1nn(CCNC(=O)C2CNC2)c(C)c1Cl. The third-order valence-electron chi connectivity index (χ3n) is 3.07. The summed E-state index contributed by atoms with van der Waals surface area (Å²) in [7, 11) is 0. The average Bonchev–Trinajstić information content (AvgIpc) is 2.44. The van der Waals surface area contributed by atoms with E-state index in [0.29, 0.717) is 18.1 Å². The summed E-state index contributed by atoms with van der Waals surface area (Å²) in [6.07, 6.45) is 0. The summed E-state index contributed by atoms with van der Waals surface area (Å²) in [4.78, 5) is 11.6. The highest BCUT2D eigenvalue weighted by Crippen LogP contribution is 2.18. The van der Waals surface area contributed by atoms with Crippen molar-refractivity contribution in [2.45, 2.75) is 20.4 Å². The van der Waals surface area contributed by atoms with E-state index in [1.807, 2.05) is 18.5 Å². The van der Waals surface area contributed by atoms with Gasteiger partial charge >= 0.3 is 0 Å². The van der Waals surface area contributed by atoms with Crippen LogP contribution >= 0.6 is 11.6 Å². The number of carbonyl (C=O) groups is 1. The van der Waals surface area contributed by atoms with Gasteiger partial charge in [-0.2, -0.15) is 5.10 Å². The molecule has 94 valence electrons. The zero-order valence-electron chi connectivity index (χ0n) is 10.1. The smallest absolute Gasteiger partial charge is 0.225 e. The maximum absolute atomic E-state index is 11.6. The zero-order chi connectivity index (χ0) is 12.4. The van der Waals surface area contributed by atoms with Gasteiger partial charge in [0, 0.05) is 19.6 Å². The number of aryl methyl sites for hydroxylation is 1. The van der Waals surface area contributed by atoms with Gasteiger partial charge in [0.25, 0.3) is 0 Å². The molecule has 1 saturated heterocycles. The quantitative estimate of drug-likeness (QED) is 0.824. The Morgan fingerprint density at radius 3 is 2.76 bits per heavy atom. The molecule has 2 heterocycles. The Balaban J connectivity index is 1.81. The van der Waals surface area contributed by atoms with E-state index in [-0.39, 0.29) is 11.8 Å². The Morgan fingerprint density at radius 2 is 2.29 bits per heavy atom. The van der Waals surface area contributed by atoms with Gasteiger partial charge in [-0.05, 0) is 13.8 Å². The van der Waals surface area contributed by atoms with Crippen LogP contribution in [0.5, 0.6) is 0 Å². The van der Waals surface area contributed by atoms with Crippen LogP contribution in [0.25, 0.3) is 0 Å². The van der Waals surface area contributed by atoms with Gasteiger partial charge in [-0.25, -0.2) is 0 Å². The lowest BCUT2D eigenvalue weighted by Crippen LogP contribution is -2.51. The summed E-state index contributed by atoms with van der Waals surface area (Å²) in [5.41, 5.74) is 1.78. The summed E-state index contributed by atoms with van der Waals surface area (Å²) in [6.45, 7) is 6.64. The molecule has 1 aliphatic heterocycles. The molecule has 5 nitrogen and oxygen atoms in total. The maximum atomic E-state index is 11.6. The van der Waals surface area contributed by atoms with Crippen molar-refractivity contribution in [2.24, 2.45) is 5.92 Å². The van der Waals surface area contributed by atoms with E-state index in [4.69, 9.17) is 11.6 Å². The van der Waals surface area contributed by atoms with Gasteiger partial charge in [-0.3, -0.25) is 9.48 Å². The molecule has 17 heavy (non-hydrogen) atoms. The minimum Gasteiger partial charge on any atom is -0.354 e. The zero-order valence-corrected chi connectivity index (χ0v) is 10.8. The molecule has 0 saturated carbocycles. The summed E-state index contributed by atoms with van der Waals surface area (Å²) in [6, 6.07) is 0. The number of halogens is 1. The van der Waals surface area contributed by atoms with Gasteiger partial charge in [0.05, 0.1) is 28.9 Å². The maximum Gasteiger partial charge on any atom is 0.225 e. The van der Waals surface area contributed by atoms with Gasteiger partial charge in [-0.1, -0.05) is 11.6 Å². The second-order valence-corrected chi connectivity index (χ2v) is 4.73. The van der Waals surface area contributed by atoms with Crippen molar-refractivity contribution in [3.8, 4) is 0 Å². The molecule has 0 aliphatic carbocycles. The molecular weight excluding hydrogens is 240 g/mol. The van der Waals surface area contributed by atoms with Gasteiger partial charge < -0.3 is 10.6 Å². The predicted octanol–water partition coefficient (Wildman–Crippen LogP) is 0.489. The molecule has 0 atom stereocenters. The lowest BCUT2D eigenvalue weighted by molar-refractivity contribution is -0.126. The summed E-state index contributed by atoms with van der Waals surface area (Å²) < 4.78 is 1.83. The van der Waals surface area contributed by atoms with Crippen LogP contribution in [0.2, 0.25) is 5.02 Å². The first-order chi connectivity index (χ1) is 8.09.